The Hall–Kier alpha value is -2.69. The highest BCUT2D eigenvalue weighted by Gasteiger charge is 2.30. The van der Waals surface area contributed by atoms with Gasteiger partial charge < -0.3 is 10.6 Å². The zero-order valence-corrected chi connectivity index (χ0v) is 17.4. The van der Waals surface area contributed by atoms with E-state index >= 15 is 0 Å². The molecule has 0 radical (unpaired) electrons. The molecule has 5 nitrogen and oxygen atoms in total. The van der Waals surface area contributed by atoms with Gasteiger partial charge in [0, 0.05) is 19.7 Å². The van der Waals surface area contributed by atoms with E-state index in [1.54, 1.807) is 13.1 Å². The van der Waals surface area contributed by atoms with Crippen LogP contribution in [0.4, 0.5) is 0 Å². The molecule has 1 atom stereocenters. The largest absolute Gasteiger partial charge is 0.356 e. The van der Waals surface area contributed by atoms with E-state index in [1.807, 2.05) is 43.3 Å². The first-order chi connectivity index (χ1) is 14.0. The summed E-state index contributed by atoms with van der Waals surface area (Å²) in [5.41, 5.74) is 3.16. The minimum atomic E-state index is -0.0365. The van der Waals surface area contributed by atoms with Crippen molar-refractivity contribution in [1.82, 2.24) is 15.6 Å². The molecular formula is C24H31N3O2. The molecule has 1 fully saturated rings. The number of aromatic nitrogens is 1. The molecule has 2 aromatic rings. The second kappa shape index (κ2) is 10.2. The molecule has 0 unspecified atom stereocenters. The minimum absolute atomic E-state index is 0.0220. The SMILES string of the molecule is CC(=O)N[C@@H](c1ccccn1)C1CCC(CNC(=O)Cc2cccc(C)c2)CC1. The van der Waals surface area contributed by atoms with Gasteiger partial charge in [-0.3, -0.25) is 14.6 Å². The van der Waals surface area contributed by atoms with Gasteiger partial charge in [-0.2, -0.15) is 0 Å². The van der Waals surface area contributed by atoms with E-state index in [0.29, 0.717) is 18.3 Å². The smallest absolute Gasteiger partial charge is 0.224 e. The third-order valence-corrected chi connectivity index (χ3v) is 5.76. The molecular weight excluding hydrogens is 362 g/mol. The van der Waals surface area contributed by atoms with Crippen LogP contribution >= 0.6 is 0 Å². The fourth-order valence-corrected chi connectivity index (χ4v) is 4.27. The predicted molar refractivity (Wildman–Crippen MR) is 114 cm³/mol. The Morgan fingerprint density at radius 1 is 1.10 bits per heavy atom. The zero-order chi connectivity index (χ0) is 20.6. The van der Waals surface area contributed by atoms with Gasteiger partial charge in [0.05, 0.1) is 18.2 Å². The summed E-state index contributed by atoms with van der Waals surface area (Å²) in [5.74, 6) is 0.941. The highest BCUT2D eigenvalue weighted by Crippen LogP contribution is 2.36. The molecule has 0 saturated heterocycles. The number of nitrogens with one attached hydrogen (secondary N) is 2. The lowest BCUT2D eigenvalue weighted by Gasteiger charge is -2.34. The Labute approximate surface area is 173 Å². The van der Waals surface area contributed by atoms with Gasteiger partial charge in [0.2, 0.25) is 11.8 Å². The first-order valence-electron chi connectivity index (χ1n) is 10.5. The number of aryl methyl sites for hydroxylation is 1. The third-order valence-electron chi connectivity index (χ3n) is 5.76. The van der Waals surface area contributed by atoms with Gasteiger partial charge in [-0.1, -0.05) is 35.9 Å². The van der Waals surface area contributed by atoms with Crippen LogP contribution in [-0.2, 0) is 16.0 Å². The number of amides is 2. The van der Waals surface area contributed by atoms with Crippen molar-refractivity contribution in [1.29, 1.82) is 0 Å². The Bertz CT molecular complexity index is 814. The van der Waals surface area contributed by atoms with Crippen LogP contribution < -0.4 is 10.6 Å². The molecule has 0 aliphatic heterocycles. The van der Waals surface area contributed by atoms with E-state index in [-0.39, 0.29) is 17.9 Å². The summed E-state index contributed by atoms with van der Waals surface area (Å²) in [5, 5.41) is 6.20. The van der Waals surface area contributed by atoms with Gasteiger partial charge in [-0.15, -0.1) is 0 Å². The maximum absolute atomic E-state index is 12.3. The monoisotopic (exact) mass is 393 g/mol. The first-order valence-corrected chi connectivity index (χ1v) is 10.5. The molecule has 29 heavy (non-hydrogen) atoms. The summed E-state index contributed by atoms with van der Waals surface area (Å²) in [6.07, 6.45) is 6.37. The summed E-state index contributed by atoms with van der Waals surface area (Å²) in [7, 11) is 0. The summed E-state index contributed by atoms with van der Waals surface area (Å²) in [6, 6.07) is 13.9. The molecule has 3 rings (SSSR count). The van der Waals surface area contributed by atoms with Crippen molar-refractivity contribution in [3.63, 3.8) is 0 Å². The van der Waals surface area contributed by atoms with Gasteiger partial charge >= 0.3 is 0 Å². The number of nitrogens with zero attached hydrogens (tertiary/aromatic N) is 1. The van der Waals surface area contributed by atoms with E-state index in [2.05, 4.69) is 21.7 Å². The summed E-state index contributed by atoms with van der Waals surface area (Å²) < 4.78 is 0. The van der Waals surface area contributed by atoms with E-state index in [9.17, 15) is 9.59 Å². The molecule has 1 saturated carbocycles. The van der Waals surface area contributed by atoms with Gasteiger partial charge in [0.1, 0.15) is 0 Å². The maximum atomic E-state index is 12.3. The van der Waals surface area contributed by atoms with Crippen LogP contribution in [0.1, 0.15) is 55.5 Å². The van der Waals surface area contributed by atoms with Crippen LogP contribution in [-0.4, -0.2) is 23.3 Å². The molecule has 1 aromatic carbocycles. The van der Waals surface area contributed by atoms with E-state index < -0.39 is 0 Å². The van der Waals surface area contributed by atoms with Crippen LogP contribution in [0.2, 0.25) is 0 Å². The fourth-order valence-electron chi connectivity index (χ4n) is 4.27. The molecule has 2 amide bonds. The lowest BCUT2D eigenvalue weighted by molar-refractivity contribution is -0.121. The van der Waals surface area contributed by atoms with Crippen molar-refractivity contribution >= 4 is 11.8 Å². The highest BCUT2D eigenvalue weighted by molar-refractivity contribution is 5.78. The van der Waals surface area contributed by atoms with Crippen LogP contribution in [0.25, 0.3) is 0 Å². The van der Waals surface area contributed by atoms with Crippen molar-refractivity contribution in [3.8, 4) is 0 Å². The Morgan fingerprint density at radius 2 is 1.90 bits per heavy atom. The van der Waals surface area contributed by atoms with Crippen LogP contribution in [0.15, 0.2) is 48.7 Å². The highest BCUT2D eigenvalue weighted by atomic mass is 16.2. The lowest BCUT2D eigenvalue weighted by atomic mass is 9.77. The predicted octanol–water partition coefficient (Wildman–Crippen LogP) is 3.73. The second-order valence-corrected chi connectivity index (χ2v) is 8.18. The second-order valence-electron chi connectivity index (χ2n) is 8.18. The Morgan fingerprint density at radius 3 is 2.55 bits per heavy atom. The number of hydrogen-bond acceptors (Lipinski definition) is 3. The first kappa shape index (κ1) is 21.0. The number of pyridine rings is 1. The molecule has 1 aliphatic rings. The number of rotatable bonds is 7. The molecule has 0 spiro atoms. The standard InChI is InChI=1S/C24H31N3O2/c1-17-6-5-7-20(14-17)15-23(29)26-16-19-9-11-21(12-10-19)24(27-18(2)28)22-8-3-4-13-25-22/h3-8,13-14,19,21,24H,9-12,15-16H2,1-2H3,(H,26,29)(H,27,28)/t19?,21?,24-/m1/s1. The van der Waals surface area contributed by atoms with Crippen LogP contribution in [0, 0.1) is 18.8 Å². The average Bonchev–Trinajstić information content (AvgIpc) is 2.71. The molecule has 0 bridgehead atoms. The number of carbonyl (C=O) groups excluding carboxylic acids is 2. The minimum Gasteiger partial charge on any atom is -0.356 e. The van der Waals surface area contributed by atoms with Crippen molar-refractivity contribution in [2.45, 2.75) is 52.0 Å². The van der Waals surface area contributed by atoms with Crippen molar-refractivity contribution in [2.24, 2.45) is 11.8 Å². The number of carbonyl (C=O) groups is 2. The zero-order valence-electron chi connectivity index (χ0n) is 17.4. The topological polar surface area (TPSA) is 71.1 Å². The summed E-state index contributed by atoms with van der Waals surface area (Å²) in [4.78, 5) is 28.4. The lowest BCUT2D eigenvalue weighted by Crippen LogP contribution is -2.36. The van der Waals surface area contributed by atoms with Gasteiger partial charge in [-0.05, 0) is 62.1 Å². The molecule has 2 N–H and O–H groups in total. The fraction of sp³-hybridized carbons (Fsp3) is 0.458. The van der Waals surface area contributed by atoms with Gasteiger partial charge in [0.15, 0.2) is 0 Å². The molecule has 1 aromatic heterocycles. The van der Waals surface area contributed by atoms with Crippen molar-refractivity contribution < 1.29 is 9.59 Å². The van der Waals surface area contributed by atoms with E-state index in [1.165, 1.54) is 5.56 Å². The molecule has 1 heterocycles. The molecule has 5 heteroatoms. The van der Waals surface area contributed by atoms with Crippen LogP contribution in [0.3, 0.4) is 0 Å². The van der Waals surface area contributed by atoms with Gasteiger partial charge in [0.25, 0.3) is 0 Å². The van der Waals surface area contributed by atoms with E-state index in [4.69, 9.17) is 0 Å². The third kappa shape index (κ3) is 6.41. The van der Waals surface area contributed by atoms with Crippen LogP contribution in [0.5, 0.6) is 0 Å². The summed E-state index contributed by atoms with van der Waals surface area (Å²) >= 11 is 0. The van der Waals surface area contributed by atoms with E-state index in [0.717, 1.165) is 43.5 Å². The number of hydrogen-bond donors (Lipinski definition) is 2. The van der Waals surface area contributed by atoms with Crippen molar-refractivity contribution in [2.75, 3.05) is 6.54 Å². The quantitative estimate of drug-likeness (QED) is 0.753. The number of benzene rings is 1. The Kier molecular flexibility index (Phi) is 7.39. The normalized spacial score (nSPS) is 19.9. The molecule has 154 valence electrons. The average molecular weight is 394 g/mol. The molecule has 1 aliphatic carbocycles. The summed E-state index contributed by atoms with van der Waals surface area (Å²) in [6.45, 7) is 4.33. The Balaban J connectivity index is 1.47. The maximum Gasteiger partial charge on any atom is 0.224 e. The van der Waals surface area contributed by atoms with Crippen molar-refractivity contribution in [3.05, 3.63) is 65.5 Å². The van der Waals surface area contributed by atoms with Gasteiger partial charge in [-0.25, -0.2) is 0 Å².